The molecule has 2 aliphatic rings. The van der Waals surface area contributed by atoms with Crippen LogP contribution in [0.5, 0.6) is 17.2 Å². The third kappa shape index (κ3) is 5.00. The number of ether oxygens (including phenoxy) is 2. The number of fused-ring (bicyclic) bond motifs is 1. The second-order valence-corrected chi connectivity index (χ2v) is 9.16. The SMILES string of the molecule is COc1ccc(O[C@@H]2C[C@@H]3CN(CC(SCO)c4ccc(O)cc4)C[C@@H]3C2)cc1. The lowest BCUT2D eigenvalue weighted by Crippen LogP contribution is -2.28. The van der Waals surface area contributed by atoms with Crippen LogP contribution in [0.2, 0.25) is 0 Å². The molecule has 1 saturated carbocycles. The van der Waals surface area contributed by atoms with Gasteiger partial charge in [0.05, 0.1) is 19.2 Å². The summed E-state index contributed by atoms with van der Waals surface area (Å²) in [6, 6.07) is 15.2. The van der Waals surface area contributed by atoms with Crippen LogP contribution >= 0.6 is 11.8 Å². The van der Waals surface area contributed by atoms with Gasteiger partial charge in [-0.25, -0.2) is 0 Å². The van der Waals surface area contributed by atoms with Crippen LogP contribution < -0.4 is 9.47 Å². The number of hydrogen-bond donors (Lipinski definition) is 2. The van der Waals surface area contributed by atoms with Crippen molar-refractivity contribution in [1.82, 2.24) is 4.90 Å². The van der Waals surface area contributed by atoms with Crippen molar-refractivity contribution in [1.29, 1.82) is 0 Å². The minimum Gasteiger partial charge on any atom is -0.508 e. The number of rotatable bonds is 8. The van der Waals surface area contributed by atoms with Crippen LogP contribution in [0.1, 0.15) is 23.7 Å². The lowest BCUT2D eigenvalue weighted by Gasteiger charge is -2.25. The van der Waals surface area contributed by atoms with Crippen LogP contribution in [0.3, 0.4) is 0 Å². The first-order valence-electron chi connectivity index (χ1n) is 10.2. The molecule has 0 bridgehead atoms. The van der Waals surface area contributed by atoms with Gasteiger partial charge in [-0.05, 0) is 66.6 Å². The molecule has 0 amide bonds. The molecule has 5 nitrogen and oxygen atoms in total. The Bertz CT molecular complexity index is 768. The van der Waals surface area contributed by atoms with E-state index in [2.05, 4.69) is 4.90 Å². The van der Waals surface area contributed by atoms with Crippen molar-refractivity contribution in [3.8, 4) is 17.2 Å². The Morgan fingerprint density at radius 1 is 1.00 bits per heavy atom. The van der Waals surface area contributed by atoms with Gasteiger partial charge in [0.15, 0.2) is 0 Å². The normalized spacial score (nSPS) is 25.0. The molecule has 2 aromatic rings. The number of likely N-dealkylation sites (tertiary alicyclic amines) is 1. The molecule has 1 saturated heterocycles. The van der Waals surface area contributed by atoms with Crippen molar-refractivity contribution in [3.05, 3.63) is 54.1 Å². The molecule has 4 atom stereocenters. The summed E-state index contributed by atoms with van der Waals surface area (Å²) in [5.41, 5.74) is 1.15. The number of methoxy groups -OCH3 is 1. The number of hydrogen-bond acceptors (Lipinski definition) is 6. The number of phenolic OH excluding ortho intramolecular Hbond substituents is 1. The van der Waals surface area contributed by atoms with Gasteiger partial charge < -0.3 is 24.6 Å². The van der Waals surface area contributed by atoms with E-state index >= 15 is 0 Å². The predicted octanol–water partition coefficient (Wildman–Crippen LogP) is 3.91. The first-order valence-corrected chi connectivity index (χ1v) is 11.2. The number of aliphatic hydroxyl groups is 1. The molecule has 6 heteroatoms. The molecule has 29 heavy (non-hydrogen) atoms. The van der Waals surface area contributed by atoms with Crippen LogP contribution in [0, 0.1) is 11.8 Å². The Morgan fingerprint density at radius 3 is 2.21 bits per heavy atom. The van der Waals surface area contributed by atoms with Gasteiger partial charge in [-0.15, -0.1) is 11.8 Å². The van der Waals surface area contributed by atoms with E-state index in [-0.39, 0.29) is 16.9 Å². The van der Waals surface area contributed by atoms with E-state index in [1.807, 2.05) is 36.4 Å². The highest BCUT2D eigenvalue weighted by Crippen LogP contribution is 2.41. The van der Waals surface area contributed by atoms with Crippen molar-refractivity contribution >= 4 is 11.8 Å². The molecule has 0 spiro atoms. The maximum absolute atomic E-state index is 9.53. The van der Waals surface area contributed by atoms with Crippen molar-refractivity contribution < 1.29 is 19.7 Å². The van der Waals surface area contributed by atoms with Crippen LogP contribution in [0.15, 0.2) is 48.5 Å². The second-order valence-electron chi connectivity index (χ2n) is 8.00. The lowest BCUT2D eigenvalue weighted by molar-refractivity contribution is 0.185. The highest BCUT2D eigenvalue weighted by molar-refractivity contribution is 7.99. The fourth-order valence-electron chi connectivity index (χ4n) is 4.70. The summed E-state index contributed by atoms with van der Waals surface area (Å²) < 4.78 is 11.4. The third-order valence-electron chi connectivity index (χ3n) is 6.11. The minimum atomic E-state index is 0.101. The average molecular weight is 416 g/mol. The summed E-state index contributed by atoms with van der Waals surface area (Å²) in [5.74, 6) is 3.50. The fraction of sp³-hybridized carbons (Fsp3) is 0.478. The van der Waals surface area contributed by atoms with Crippen LogP contribution in [-0.2, 0) is 0 Å². The highest BCUT2D eigenvalue weighted by Gasteiger charge is 2.42. The quantitative estimate of drug-likeness (QED) is 0.638. The van der Waals surface area contributed by atoms with Crippen molar-refractivity contribution in [2.75, 3.05) is 32.7 Å². The van der Waals surface area contributed by atoms with Gasteiger partial charge in [0.25, 0.3) is 0 Å². The van der Waals surface area contributed by atoms with E-state index in [4.69, 9.17) is 9.47 Å². The summed E-state index contributed by atoms with van der Waals surface area (Å²) >= 11 is 1.55. The molecule has 0 radical (unpaired) electrons. The van der Waals surface area contributed by atoms with Gasteiger partial charge in [-0.2, -0.15) is 0 Å². The fourth-order valence-corrected chi connectivity index (χ4v) is 5.55. The van der Waals surface area contributed by atoms with Gasteiger partial charge in [0.1, 0.15) is 17.2 Å². The molecule has 4 rings (SSSR count). The van der Waals surface area contributed by atoms with E-state index in [0.717, 1.165) is 49.5 Å². The van der Waals surface area contributed by atoms with E-state index in [1.165, 1.54) is 0 Å². The van der Waals surface area contributed by atoms with Gasteiger partial charge in [-0.1, -0.05) is 12.1 Å². The minimum absolute atomic E-state index is 0.101. The zero-order valence-corrected chi connectivity index (χ0v) is 17.6. The third-order valence-corrected chi connectivity index (χ3v) is 7.08. The summed E-state index contributed by atoms with van der Waals surface area (Å²) in [5, 5.41) is 19.2. The van der Waals surface area contributed by atoms with Crippen molar-refractivity contribution in [2.45, 2.75) is 24.2 Å². The molecule has 1 heterocycles. The van der Waals surface area contributed by atoms with E-state index in [0.29, 0.717) is 17.9 Å². The first kappa shape index (κ1) is 20.4. The summed E-state index contributed by atoms with van der Waals surface area (Å²) in [6.45, 7) is 3.11. The Labute approximate surface area is 176 Å². The van der Waals surface area contributed by atoms with E-state index < -0.39 is 0 Å². The van der Waals surface area contributed by atoms with Gasteiger partial charge in [-0.3, -0.25) is 0 Å². The lowest BCUT2D eigenvalue weighted by atomic mass is 10.0. The van der Waals surface area contributed by atoms with Gasteiger partial charge >= 0.3 is 0 Å². The zero-order valence-electron chi connectivity index (χ0n) is 16.7. The maximum atomic E-state index is 9.53. The molecule has 0 aromatic heterocycles. The molecule has 1 unspecified atom stereocenters. The number of benzene rings is 2. The van der Waals surface area contributed by atoms with E-state index in [9.17, 15) is 10.2 Å². The van der Waals surface area contributed by atoms with Crippen LogP contribution in [0.4, 0.5) is 0 Å². The summed E-state index contributed by atoms with van der Waals surface area (Å²) in [7, 11) is 1.67. The van der Waals surface area contributed by atoms with Gasteiger partial charge in [0.2, 0.25) is 0 Å². The molecule has 2 aromatic carbocycles. The number of phenols is 1. The molecular weight excluding hydrogens is 386 g/mol. The maximum Gasteiger partial charge on any atom is 0.119 e. The van der Waals surface area contributed by atoms with E-state index in [1.54, 1.807) is 31.0 Å². The Hall–Kier alpha value is -1.89. The molecule has 156 valence electrons. The predicted molar refractivity (Wildman–Crippen MR) is 116 cm³/mol. The summed E-state index contributed by atoms with van der Waals surface area (Å²) in [6.07, 6.45) is 2.49. The smallest absolute Gasteiger partial charge is 0.119 e. The van der Waals surface area contributed by atoms with Crippen LogP contribution in [-0.4, -0.2) is 53.9 Å². The summed E-state index contributed by atoms with van der Waals surface area (Å²) in [4.78, 5) is 2.53. The van der Waals surface area contributed by atoms with Gasteiger partial charge in [0, 0.05) is 24.9 Å². The molecule has 2 fully saturated rings. The molecule has 1 aliphatic heterocycles. The molecule has 1 aliphatic carbocycles. The second kappa shape index (κ2) is 9.28. The molecular formula is C23H29NO4S. The Balaban J connectivity index is 1.30. The Kier molecular flexibility index (Phi) is 6.53. The topological polar surface area (TPSA) is 62.2 Å². The van der Waals surface area contributed by atoms with Crippen molar-refractivity contribution in [3.63, 3.8) is 0 Å². The number of nitrogens with zero attached hydrogens (tertiary/aromatic N) is 1. The first-order chi connectivity index (χ1) is 14.1. The largest absolute Gasteiger partial charge is 0.508 e. The van der Waals surface area contributed by atoms with Crippen LogP contribution in [0.25, 0.3) is 0 Å². The highest BCUT2D eigenvalue weighted by atomic mass is 32.2. The average Bonchev–Trinajstić information content (AvgIpc) is 3.27. The number of aliphatic hydroxyl groups excluding tert-OH is 1. The monoisotopic (exact) mass is 415 g/mol. The standard InChI is InChI=1S/C23H29NO4S/c1-27-20-6-8-21(9-7-20)28-22-10-17-12-24(13-18(17)11-22)14-23(29-15-25)16-2-4-19(26)5-3-16/h2-9,17-18,22-23,25-26H,10-15H2,1H3/t17-,18+,22-,23?. The zero-order chi connectivity index (χ0) is 20.2. The number of aromatic hydroxyl groups is 1. The molecule has 2 N–H and O–H groups in total. The Morgan fingerprint density at radius 2 is 1.62 bits per heavy atom. The van der Waals surface area contributed by atoms with Crippen molar-refractivity contribution in [2.24, 2.45) is 11.8 Å². The number of thioether (sulfide) groups is 1.